The highest BCUT2D eigenvalue weighted by molar-refractivity contribution is 6.30. The van der Waals surface area contributed by atoms with Crippen LogP contribution in [0.25, 0.3) is 0 Å². The zero-order chi connectivity index (χ0) is 24.9. The van der Waals surface area contributed by atoms with Crippen LogP contribution in [-0.4, -0.2) is 24.8 Å². The van der Waals surface area contributed by atoms with E-state index in [4.69, 9.17) is 25.8 Å². The van der Waals surface area contributed by atoms with Gasteiger partial charge in [0, 0.05) is 22.4 Å². The van der Waals surface area contributed by atoms with Crippen LogP contribution in [0.15, 0.2) is 84.9 Å². The molecule has 182 valence electrons. The van der Waals surface area contributed by atoms with Crippen molar-refractivity contribution in [1.29, 1.82) is 0 Å². The molecule has 5 nitrogen and oxygen atoms in total. The number of ether oxygens (including phenoxy) is 3. The Labute approximate surface area is 210 Å². The largest absolute Gasteiger partial charge is 0.497 e. The van der Waals surface area contributed by atoms with Crippen LogP contribution >= 0.6 is 11.6 Å². The highest BCUT2D eigenvalue weighted by Crippen LogP contribution is 2.53. The summed E-state index contributed by atoms with van der Waals surface area (Å²) < 4.78 is 18.0. The van der Waals surface area contributed by atoms with Gasteiger partial charge in [-0.3, -0.25) is 0 Å². The van der Waals surface area contributed by atoms with Crippen molar-refractivity contribution in [2.75, 3.05) is 13.7 Å². The third-order valence-corrected chi connectivity index (χ3v) is 6.72. The highest BCUT2D eigenvalue weighted by Gasteiger charge is 2.41. The summed E-state index contributed by atoms with van der Waals surface area (Å²) in [6, 6.07) is 23.4. The van der Waals surface area contributed by atoms with Crippen LogP contribution in [0.5, 0.6) is 11.5 Å². The number of hydrogen-bond acceptors (Lipinski definition) is 4. The van der Waals surface area contributed by atoms with E-state index in [0.717, 1.165) is 28.7 Å². The topological polar surface area (TPSA) is 65.0 Å². The van der Waals surface area contributed by atoms with Crippen molar-refractivity contribution in [3.63, 3.8) is 0 Å². The minimum atomic E-state index is -1.04. The zero-order valence-corrected chi connectivity index (χ0v) is 20.6. The Morgan fingerprint density at radius 2 is 1.77 bits per heavy atom. The van der Waals surface area contributed by atoms with Gasteiger partial charge in [-0.2, -0.15) is 0 Å². The summed E-state index contributed by atoms with van der Waals surface area (Å²) in [5, 5.41) is 9.87. The Hall–Kier alpha value is -3.28. The predicted molar refractivity (Wildman–Crippen MR) is 136 cm³/mol. The quantitative estimate of drug-likeness (QED) is 0.343. The lowest BCUT2D eigenvalue weighted by Crippen LogP contribution is -2.32. The summed E-state index contributed by atoms with van der Waals surface area (Å²) in [6.45, 7) is 5.83. The summed E-state index contributed by atoms with van der Waals surface area (Å²) in [7, 11) is 1.60. The van der Waals surface area contributed by atoms with E-state index in [1.165, 1.54) is 0 Å². The summed E-state index contributed by atoms with van der Waals surface area (Å²) in [5.41, 5.74) is 3.93. The summed E-state index contributed by atoms with van der Waals surface area (Å²) >= 11 is 6.17. The first-order chi connectivity index (χ1) is 16.9. The maximum atomic E-state index is 11.2. The third-order valence-electron chi connectivity index (χ3n) is 6.47. The number of rotatable bonds is 8. The molecule has 1 N–H and O–H groups in total. The summed E-state index contributed by atoms with van der Waals surface area (Å²) in [5.74, 6) is 0.0957. The molecule has 4 atom stereocenters. The normalized spacial score (nSPS) is 21.8. The molecule has 1 saturated heterocycles. The minimum Gasteiger partial charge on any atom is -0.497 e. The zero-order valence-electron chi connectivity index (χ0n) is 19.8. The number of hydrogen-bond donors (Lipinski definition) is 1. The van der Waals surface area contributed by atoms with Gasteiger partial charge in [-0.1, -0.05) is 66.2 Å². The highest BCUT2D eigenvalue weighted by atomic mass is 35.5. The van der Waals surface area contributed by atoms with Crippen molar-refractivity contribution in [3.05, 3.63) is 107 Å². The van der Waals surface area contributed by atoms with E-state index < -0.39 is 18.7 Å². The van der Waals surface area contributed by atoms with Crippen molar-refractivity contribution in [2.45, 2.75) is 31.5 Å². The van der Waals surface area contributed by atoms with Gasteiger partial charge >= 0.3 is 5.97 Å². The predicted octanol–water partition coefficient (Wildman–Crippen LogP) is 6.99. The van der Waals surface area contributed by atoms with Crippen LogP contribution in [0.3, 0.4) is 0 Å². The van der Waals surface area contributed by atoms with E-state index in [0.29, 0.717) is 16.5 Å². The molecule has 0 bridgehead atoms. The molecule has 0 aromatic heterocycles. The van der Waals surface area contributed by atoms with Crippen LogP contribution in [0, 0.1) is 5.92 Å². The number of carbonyl (C=O) groups is 1. The second-order valence-corrected chi connectivity index (χ2v) is 9.26. The number of benzene rings is 3. The molecule has 3 aromatic carbocycles. The molecule has 6 heteroatoms. The average Bonchev–Trinajstić information content (AvgIpc) is 2.87. The molecular formula is C29H29ClO5. The fourth-order valence-corrected chi connectivity index (χ4v) is 4.87. The van der Waals surface area contributed by atoms with Crippen LogP contribution in [0.1, 0.15) is 48.2 Å². The van der Waals surface area contributed by atoms with E-state index in [-0.39, 0.29) is 17.9 Å². The van der Waals surface area contributed by atoms with Crippen LogP contribution in [0.2, 0.25) is 5.02 Å². The van der Waals surface area contributed by atoms with Gasteiger partial charge in [-0.15, -0.1) is 0 Å². The SMILES string of the molecule is C=C(C)[C@H]1C[C@H](c2ccc(Cl)cc2)[C@H](c2ccccc2)O[C@@H]1c1cc(OC)ccc1OCC(=O)O. The van der Waals surface area contributed by atoms with Crippen molar-refractivity contribution in [1.82, 2.24) is 0 Å². The van der Waals surface area contributed by atoms with Gasteiger partial charge in [0.2, 0.25) is 0 Å². The van der Waals surface area contributed by atoms with E-state index in [9.17, 15) is 9.90 Å². The van der Waals surface area contributed by atoms with Crippen LogP contribution < -0.4 is 9.47 Å². The van der Waals surface area contributed by atoms with Crippen molar-refractivity contribution in [2.24, 2.45) is 5.92 Å². The molecule has 4 rings (SSSR count). The van der Waals surface area contributed by atoms with Gasteiger partial charge in [0.05, 0.1) is 19.3 Å². The molecule has 0 spiro atoms. The Morgan fingerprint density at radius 1 is 1.06 bits per heavy atom. The smallest absolute Gasteiger partial charge is 0.341 e. The molecule has 0 aliphatic carbocycles. The summed E-state index contributed by atoms with van der Waals surface area (Å²) in [6.07, 6.45) is 0.146. The minimum absolute atomic E-state index is 0.0325. The molecule has 0 amide bonds. The van der Waals surface area contributed by atoms with Gasteiger partial charge in [0.15, 0.2) is 6.61 Å². The molecule has 0 saturated carbocycles. The fourth-order valence-electron chi connectivity index (χ4n) is 4.74. The number of carboxylic acids is 1. The van der Waals surface area contributed by atoms with Gasteiger partial charge < -0.3 is 19.3 Å². The van der Waals surface area contributed by atoms with E-state index >= 15 is 0 Å². The number of methoxy groups -OCH3 is 1. The van der Waals surface area contributed by atoms with Gasteiger partial charge in [0.1, 0.15) is 11.5 Å². The first-order valence-corrected chi connectivity index (χ1v) is 11.9. The number of carboxylic acid groups (broad SMARTS) is 1. The maximum absolute atomic E-state index is 11.2. The molecular weight excluding hydrogens is 464 g/mol. The van der Waals surface area contributed by atoms with E-state index in [1.54, 1.807) is 19.2 Å². The average molecular weight is 493 g/mol. The Bertz CT molecular complexity index is 1180. The Balaban J connectivity index is 1.80. The monoisotopic (exact) mass is 492 g/mol. The van der Waals surface area contributed by atoms with Gasteiger partial charge in [-0.05, 0) is 54.8 Å². The van der Waals surface area contributed by atoms with Crippen LogP contribution in [-0.2, 0) is 9.53 Å². The van der Waals surface area contributed by atoms with Crippen molar-refractivity contribution >= 4 is 17.6 Å². The molecule has 1 fully saturated rings. The second-order valence-electron chi connectivity index (χ2n) is 8.82. The Kier molecular flexibility index (Phi) is 7.79. The maximum Gasteiger partial charge on any atom is 0.341 e. The van der Waals surface area contributed by atoms with Crippen molar-refractivity contribution in [3.8, 4) is 11.5 Å². The molecule has 1 aliphatic heterocycles. The van der Waals surface area contributed by atoms with Gasteiger partial charge in [-0.25, -0.2) is 4.79 Å². The molecule has 1 heterocycles. The fraction of sp³-hybridized carbons (Fsp3) is 0.276. The first-order valence-electron chi connectivity index (χ1n) is 11.5. The molecule has 0 unspecified atom stereocenters. The first kappa shape index (κ1) is 24.8. The number of halogens is 1. The second kappa shape index (κ2) is 11.0. The third kappa shape index (κ3) is 5.69. The van der Waals surface area contributed by atoms with E-state index in [1.807, 2.05) is 43.3 Å². The lowest BCUT2D eigenvalue weighted by atomic mass is 9.74. The standard InChI is InChI=1S/C29H29ClO5/c1-18(2)23-16-24(19-9-11-21(30)12-10-19)28(20-7-5-4-6-8-20)35-29(23)25-15-22(33-3)13-14-26(25)34-17-27(31)32/h4-15,23-24,28-29H,1,16-17H2,2-3H3,(H,31,32)/t23-,24-,28+,29+/m1/s1. The van der Waals surface area contributed by atoms with Crippen LogP contribution in [0.4, 0.5) is 0 Å². The molecule has 1 aliphatic rings. The lowest BCUT2D eigenvalue weighted by Gasteiger charge is -2.43. The Morgan fingerprint density at radius 3 is 2.40 bits per heavy atom. The molecule has 3 aromatic rings. The number of aliphatic carboxylic acids is 1. The molecule has 0 radical (unpaired) electrons. The lowest BCUT2D eigenvalue weighted by molar-refractivity contribution is -0.139. The van der Waals surface area contributed by atoms with E-state index in [2.05, 4.69) is 30.8 Å². The van der Waals surface area contributed by atoms with Gasteiger partial charge in [0.25, 0.3) is 0 Å². The molecule has 35 heavy (non-hydrogen) atoms. The summed E-state index contributed by atoms with van der Waals surface area (Å²) in [4.78, 5) is 11.2. The van der Waals surface area contributed by atoms with Crippen molar-refractivity contribution < 1.29 is 24.1 Å².